The summed E-state index contributed by atoms with van der Waals surface area (Å²) in [4.78, 5) is 10.1. The molecule has 0 aromatic heterocycles. The van der Waals surface area contributed by atoms with E-state index >= 15 is 0 Å². The third-order valence-corrected chi connectivity index (χ3v) is 1.56. The summed E-state index contributed by atoms with van der Waals surface area (Å²) >= 11 is 0. The van der Waals surface area contributed by atoms with Gasteiger partial charge in [0.15, 0.2) is 6.10 Å². The van der Waals surface area contributed by atoms with Gasteiger partial charge in [0.2, 0.25) is 0 Å². The lowest BCUT2D eigenvalue weighted by atomic mass is 10.2. The Labute approximate surface area is 66.2 Å². The van der Waals surface area contributed by atoms with Crippen LogP contribution < -0.4 is 5.32 Å². The van der Waals surface area contributed by atoms with Gasteiger partial charge in [-0.3, -0.25) is 0 Å². The minimum atomic E-state index is -1.29. The Hall–Kier alpha value is -0.610. The third-order valence-electron chi connectivity index (χ3n) is 1.56. The first kappa shape index (κ1) is 10.4. The second-order valence-corrected chi connectivity index (χ2v) is 2.57. The van der Waals surface area contributed by atoms with Crippen molar-refractivity contribution in [1.29, 1.82) is 0 Å². The van der Waals surface area contributed by atoms with Crippen molar-refractivity contribution in [3.8, 4) is 0 Å². The Balaban J connectivity index is 3.45. The number of carbonyl (C=O) groups is 1. The summed E-state index contributed by atoms with van der Waals surface area (Å²) in [6, 6.07) is 0.254. The number of carboxylic acids is 1. The van der Waals surface area contributed by atoms with E-state index in [1.807, 2.05) is 13.8 Å². The molecule has 0 heterocycles. The molecule has 0 rings (SSSR count). The van der Waals surface area contributed by atoms with Crippen LogP contribution in [-0.2, 0) is 4.79 Å². The smallest absolute Gasteiger partial charge is 0.333 e. The minimum Gasteiger partial charge on any atom is -0.479 e. The Bertz CT molecular complexity index is 127. The van der Waals surface area contributed by atoms with E-state index in [0.29, 0.717) is 0 Å². The van der Waals surface area contributed by atoms with Gasteiger partial charge in [0.05, 0.1) is 0 Å². The zero-order valence-corrected chi connectivity index (χ0v) is 6.87. The average Bonchev–Trinajstić information content (AvgIpc) is 1.99. The zero-order valence-electron chi connectivity index (χ0n) is 6.87. The van der Waals surface area contributed by atoms with Crippen LogP contribution in [0.3, 0.4) is 0 Å². The summed E-state index contributed by atoms with van der Waals surface area (Å²) in [6.07, 6.45) is -0.365. The molecule has 0 radical (unpaired) electrons. The second-order valence-electron chi connectivity index (χ2n) is 2.57. The molecule has 3 N–H and O–H groups in total. The number of rotatable bonds is 5. The minimum absolute atomic E-state index is 0.115. The van der Waals surface area contributed by atoms with Gasteiger partial charge in [0, 0.05) is 12.6 Å². The van der Waals surface area contributed by atoms with E-state index < -0.39 is 12.1 Å². The highest BCUT2D eigenvalue weighted by Gasteiger charge is 2.12. The van der Waals surface area contributed by atoms with Crippen molar-refractivity contribution in [1.82, 2.24) is 5.32 Å². The quantitative estimate of drug-likeness (QED) is 0.523. The van der Waals surface area contributed by atoms with Gasteiger partial charge in [0.1, 0.15) is 0 Å². The Morgan fingerprint density at radius 1 is 1.64 bits per heavy atom. The van der Waals surface area contributed by atoms with Crippen LogP contribution in [0.2, 0.25) is 0 Å². The Morgan fingerprint density at radius 3 is 2.55 bits per heavy atom. The first-order valence-electron chi connectivity index (χ1n) is 3.72. The normalized spacial score (nSPS) is 15.9. The van der Waals surface area contributed by atoms with Crippen molar-refractivity contribution in [2.75, 3.05) is 6.54 Å². The predicted molar refractivity (Wildman–Crippen MR) is 41.4 cm³/mol. The van der Waals surface area contributed by atoms with E-state index in [2.05, 4.69) is 5.32 Å². The second kappa shape index (κ2) is 5.09. The predicted octanol–water partition coefficient (Wildman–Crippen LogP) is -0.180. The lowest BCUT2D eigenvalue weighted by Gasteiger charge is -2.12. The monoisotopic (exact) mass is 161 g/mol. The molecular weight excluding hydrogens is 146 g/mol. The van der Waals surface area contributed by atoms with E-state index in [4.69, 9.17) is 10.2 Å². The van der Waals surface area contributed by atoms with Crippen LogP contribution in [0, 0.1) is 0 Å². The number of hydrogen-bond acceptors (Lipinski definition) is 3. The molecule has 0 saturated carbocycles. The van der Waals surface area contributed by atoms with Crippen LogP contribution >= 0.6 is 0 Å². The highest BCUT2D eigenvalue weighted by Crippen LogP contribution is 1.88. The number of aliphatic carboxylic acids is 1. The van der Waals surface area contributed by atoms with E-state index in [0.717, 1.165) is 6.42 Å². The Kier molecular flexibility index (Phi) is 4.81. The van der Waals surface area contributed by atoms with Crippen LogP contribution in [-0.4, -0.2) is 34.9 Å². The van der Waals surface area contributed by atoms with Crippen LogP contribution in [0.4, 0.5) is 0 Å². The molecule has 0 aliphatic rings. The molecule has 2 unspecified atom stereocenters. The van der Waals surface area contributed by atoms with Crippen molar-refractivity contribution in [3.05, 3.63) is 0 Å². The molecule has 11 heavy (non-hydrogen) atoms. The first-order chi connectivity index (χ1) is 5.07. The Morgan fingerprint density at radius 2 is 2.18 bits per heavy atom. The van der Waals surface area contributed by atoms with Gasteiger partial charge in [-0.1, -0.05) is 6.92 Å². The lowest BCUT2D eigenvalue weighted by Crippen LogP contribution is -2.37. The topological polar surface area (TPSA) is 69.6 Å². The fourth-order valence-electron chi connectivity index (χ4n) is 0.544. The van der Waals surface area contributed by atoms with Gasteiger partial charge >= 0.3 is 5.97 Å². The summed E-state index contributed by atoms with van der Waals surface area (Å²) in [5.41, 5.74) is 0. The molecule has 4 heteroatoms. The molecule has 0 aromatic carbocycles. The molecule has 0 aliphatic heterocycles. The average molecular weight is 161 g/mol. The molecule has 0 bridgehead atoms. The summed E-state index contributed by atoms with van der Waals surface area (Å²) in [5.74, 6) is -1.18. The van der Waals surface area contributed by atoms with Crippen molar-refractivity contribution >= 4 is 5.97 Å². The van der Waals surface area contributed by atoms with Crippen LogP contribution in [0.25, 0.3) is 0 Å². The summed E-state index contributed by atoms with van der Waals surface area (Å²) in [7, 11) is 0. The van der Waals surface area contributed by atoms with E-state index in [-0.39, 0.29) is 12.6 Å². The van der Waals surface area contributed by atoms with Gasteiger partial charge in [-0.05, 0) is 13.3 Å². The third kappa shape index (κ3) is 4.75. The molecule has 0 aliphatic carbocycles. The summed E-state index contributed by atoms with van der Waals surface area (Å²) < 4.78 is 0. The van der Waals surface area contributed by atoms with Crippen LogP contribution in [0.15, 0.2) is 0 Å². The highest BCUT2D eigenvalue weighted by atomic mass is 16.4. The maximum Gasteiger partial charge on any atom is 0.333 e. The van der Waals surface area contributed by atoms with Crippen LogP contribution in [0.5, 0.6) is 0 Å². The molecular formula is C7H15NO3. The maximum atomic E-state index is 10.1. The number of nitrogens with one attached hydrogen (secondary N) is 1. The van der Waals surface area contributed by atoms with Crippen LogP contribution in [0.1, 0.15) is 20.3 Å². The largest absolute Gasteiger partial charge is 0.479 e. The van der Waals surface area contributed by atoms with Crippen molar-refractivity contribution in [2.24, 2.45) is 0 Å². The van der Waals surface area contributed by atoms with E-state index in [1.54, 1.807) is 0 Å². The standard InChI is InChI=1S/C7H15NO3/c1-3-5(2)8-4-6(9)7(10)11/h5-6,8-9H,3-4H2,1-2H3,(H,10,11). The fourth-order valence-corrected chi connectivity index (χ4v) is 0.544. The molecule has 66 valence electrons. The number of hydrogen-bond donors (Lipinski definition) is 3. The summed E-state index contributed by atoms with van der Waals surface area (Å²) in [5, 5.41) is 20.0. The molecule has 2 atom stereocenters. The van der Waals surface area contributed by atoms with E-state index in [1.165, 1.54) is 0 Å². The van der Waals surface area contributed by atoms with Gasteiger partial charge < -0.3 is 15.5 Å². The molecule has 0 spiro atoms. The summed E-state index contributed by atoms with van der Waals surface area (Å²) in [6.45, 7) is 4.05. The first-order valence-corrected chi connectivity index (χ1v) is 3.72. The fraction of sp³-hybridized carbons (Fsp3) is 0.857. The SMILES string of the molecule is CCC(C)NCC(O)C(=O)O. The van der Waals surface area contributed by atoms with E-state index in [9.17, 15) is 4.79 Å². The molecule has 0 amide bonds. The number of aliphatic hydroxyl groups excluding tert-OH is 1. The van der Waals surface area contributed by atoms with Crippen molar-refractivity contribution in [3.63, 3.8) is 0 Å². The molecule has 0 aromatic rings. The molecule has 4 nitrogen and oxygen atoms in total. The molecule has 0 saturated heterocycles. The maximum absolute atomic E-state index is 10.1. The lowest BCUT2D eigenvalue weighted by molar-refractivity contribution is -0.146. The van der Waals surface area contributed by atoms with Crippen molar-refractivity contribution < 1.29 is 15.0 Å². The van der Waals surface area contributed by atoms with Gasteiger partial charge in [0.25, 0.3) is 0 Å². The zero-order chi connectivity index (χ0) is 8.85. The van der Waals surface area contributed by atoms with Gasteiger partial charge in [-0.2, -0.15) is 0 Å². The van der Waals surface area contributed by atoms with Gasteiger partial charge in [-0.15, -0.1) is 0 Å². The van der Waals surface area contributed by atoms with Gasteiger partial charge in [-0.25, -0.2) is 4.79 Å². The van der Waals surface area contributed by atoms with Crippen molar-refractivity contribution in [2.45, 2.75) is 32.4 Å². The highest BCUT2D eigenvalue weighted by molar-refractivity contribution is 5.72. The molecule has 0 fully saturated rings. The number of carboxylic acid groups (broad SMARTS) is 1. The number of aliphatic hydroxyl groups is 1.